The van der Waals surface area contributed by atoms with Crippen molar-refractivity contribution in [3.05, 3.63) is 34.9 Å². The van der Waals surface area contributed by atoms with Gasteiger partial charge in [-0.25, -0.2) is 0 Å². The predicted molar refractivity (Wildman–Crippen MR) is 83.2 cm³/mol. The summed E-state index contributed by atoms with van der Waals surface area (Å²) in [6.45, 7) is 9.87. The van der Waals surface area contributed by atoms with Gasteiger partial charge in [-0.05, 0) is 35.1 Å². The number of hydrogen-bond acceptors (Lipinski definition) is 2. The lowest BCUT2D eigenvalue weighted by atomic mass is 9.84. The van der Waals surface area contributed by atoms with Crippen molar-refractivity contribution in [3.63, 3.8) is 0 Å². The number of ether oxygens (including phenoxy) is 1. The van der Waals surface area contributed by atoms with Crippen LogP contribution < -0.4 is 0 Å². The second-order valence-electron chi connectivity index (χ2n) is 5.78. The molecule has 0 atom stereocenters. The van der Waals surface area contributed by atoms with Crippen molar-refractivity contribution in [1.29, 1.82) is 0 Å². The van der Waals surface area contributed by atoms with Crippen LogP contribution in [0.15, 0.2) is 18.2 Å². The molecule has 1 rings (SSSR count). The van der Waals surface area contributed by atoms with E-state index >= 15 is 0 Å². The molecule has 0 saturated heterocycles. The lowest BCUT2D eigenvalue weighted by Gasteiger charge is -2.21. The Labute approximate surface area is 124 Å². The minimum Gasteiger partial charge on any atom is -0.377 e. The maximum absolute atomic E-state index is 11.9. The second kappa shape index (κ2) is 7.20. The Morgan fingerprint density at radius 2 is 1.95 bits per heavy atom. The molecule has 1 aromatic rings. The van der Waals surface area contributed by atoms with Gasteiger partial charge in [0.15, 0.2) is 5.78 Å². The summed E-state index contributed by atoms with van der Waals surface area (Å²) in [6.07, 6.45) is 1.01. The molecule has 0 fully saturated rings. The van der Waals surface area contributed by atoms with Crippen molar-refractivity contribution in [2.45, 2.75) is 46.1 Å². The minimum absolute atomic E-state index is 0.0299. The zero-order chi connectivity index (χ0) is 14.5. The maximum atomic E-state index is 11.9. The van der Waals surface area contributed by atoms with Crippen LogP contribution in [0.3, 0.4) is 0 Å². The van der Waals surface area contributed by atoms with E-state index in [0.717, 1.165) is 24.2 Å². The Balaban J connectivity index is 3.06. The Morgan fingerprint density at radius 1 is 1.26 bits per heavy atom. The molecule has 19 heavy (non-hydrogen) atoms. The maximum Gasteiger partial charge on any atom is 0.173 e. The van der Waals surface area contributed by atoms with Crippen molar-refractivity contribution in [1.82, 2.24) is 0 Å². The first-order valence-corrected chi connectivity index (χ1v) is 7.82. The molecule has 0 saturated carbocycles. The van der Waals surface area contributed by atoms with Gasteiger partial charge in [-0.1, -0.05) is 49.7 Å². The largest absolute Gasteiger partial charge is 0.377 e. The van der Waals surface area contributed by atoms with Crippen LogP contribution in [0, 0.1) is 0 Å². The average Bonchev–Trinajstić information content (AvgIpc) is 2.36. The van der Waals surface area contributed by atoms with Crippen molar-refractivity contribution in [2.24, 2.45) is 0 Å². The van der Waals surface area contributed by atoms with Crippen LogP contribution in [0.2, 0.25) is 0 Å². The highest BCUT2D eigenvalue weighted by Crippen LogP contribution is 2.25. The zero-order valence-electron chi connectivity index (χ0n) is 12.3. The third kappa shape index (κ3) is 5.07. The number of alkyl halides is 1. The first-order chi connectivity index (χ1) is 8.88. The molecule has 0 spiro atoms. The molecule has 0 heterocycles. The molecule has 0 bridgehead atoms. The third-order valence-electron chi connectivity index (χ3n) is 2.92. The predicted octanol–water partition coefficient (Wildman–Crippen LogP) is 4.49. The lowest BCUT2D eigenvalue weighted by Crippen LogP contribution is -2.14. The van der Waals surface area contributed by atoms with Gasteiger partial charge in [0.1, 0.15) is 0 Å². The van der Waals surface area contributed by atoms with Gasteiger partial charge >= 0.3 is 0 Å². The minimum atomic E-state index is 0.0299. The fourth-order valence-electron chi connectivity index (χ4n) is 1.78. The molecule has 3 heteroatoms. The number of carbonyl (C=O) groups is 1. The van der Waals surface area contributed by atoms with E-state index < -0.39 is 0 Å². The van der Waals surface area contributed by atoms with Crippen molar-refractivity contribution in [2.75, 3.05) is 11.9 Å². The van der Waals surface area contributed by atoms with Crippen LogP contribution in [0.25, 0.3) is 0 Å². The molecule has 0 aliphatic carbocycles. The van der Waals surface area contributed by atoms with E-state index in [2.05, 4.69) is 49.7 Å². The van der Waals surface area contributed by atoms with E-state index in [4.69, 9.17) is 4.74 Å². The summed E-state index contributed by atoms with van der Waals surface area (Å²) < 4.78 is 5.58. The monoisotopic (exact) mass is 326 g/mol. The summed E-state index contributed by atoms with van der Waals surface area (Å²) in [5, 5.41) is 0.357. The van der Waals surface area contributed by atoms with Gasteiger partial charge in [0.25, 0.3) is 0 Å². The fraction of sp³-hybridized carbons (Fsp3) is 0.562. The van der Waals surface area contributed by atoms with Gasteiger partial charge in [-0.15, -0.1) is 0 Å². The Kier molecular flexibility index (Phi) is 6.21. The SMILES string of the molecule is CCCOCc1cc(C(=O)CBr)cc(C(C)(C)C)c1. The van der Waals surface area contributed by atoms with E-state index in [9.17, 15) is 4.79 Å². The molecule has 0 aliphatic rings. The highest BCUT2D eigenvalue weighted by atomic mass is 79.9. The van der Waals surface area contributed by atoms with E-state index in [-0.39, 0.29) is 11.2 Å². The fourth-order valence-corrected chi connectivity index (χ4v) is 2.10. The van der Waals surface area contributed by atoms with Crippen LogP contribution in [0.1, 0.15) is 55.6 Å². The molecular formula is C16H23BrO2. The van der Waals surface area contributed by atoms with E-state index in [1.807, 2.05) is 12.1 Å². The van der Waals surface area contributed by atoms with Crippen LogP contribution in [0.4, 0.5) is 0 Å². The number of Topliss-reactive ketones (excluding diaryl/α,β-unsaturated/α-hetero) is 1. The molecule has 0 radical (unpaired) electrons. The van der Waals surface area contributed by atoms with E-state index in [1.54, 1.807) is 0 Å². The number of halogens is 1. The van der Waals surface area contributed by atoms with Crippen LogP contribution in [-0.4, -0.2) is 17.7 Å². The van der Waals surface area contributed by atoms with Gasteiger partial charge in [0, 0.05) is 12.2 Å². The second-order valence-corrected chi connectivity index (χ2v) is 6.34. The highest BCUT2D eigenvalue weighted by molar-refractivity contribution is 9.09. The normalized spacial score (nSPS) is 11.6. The molecule has 1 aromatic carbocycles. The molecule has 0 amide bonds. The van der Waals surface area contributed by atoms with E-state index in [1.165, 1.54) is 5.56 Å². The van der Waals surface area contributed by atoms with Gasteiger partial charge in [0.2, 0.25) is 0 Å². The first-order valence-electron chi connectivity index (χ1n) is 6.70. The smallest absolute Gasteiger partial charge is 0.173 e. The zero-order valence-corrected chi connectivity index (χ0v) is 13.8. The molecule has 0 N–H and O–H groups in total. The summed E-state index contributed by atoms with van der Waals surface area (Å²) in [7, 11) is 0. The summed E-state index contributed by atoms with van der Waals surface area (Å²) in [6, 6.07) is 6.07. The molecule has 0 unspecified atom stereocenters. The number of carbonyl (C=O) groups excluding carboxylic acids is 1. The Bertz CT molecular complexity index is 433. The molecule has 0 aliphatic heterocycles. The molecular weight excluding hydrogens is 304 g/mol. The van der Waals surface area contributed by atoms with Gasteiger partial charge in [0.05, 0.1) is 11.9 Å². The average molecular weight is 327 g/mol. The quantitative estimate of drug-likeness (QED) is 0.437. The summed E-state index contributed by atoms with van der Waals surface area (Å²) >= 11 is 3.23. The molecule has 0 aromatic heterocycles. The van der Waals surface area contributed by atoms with Crippen molar-refractivity contribution < 1.29 is 9.53 Å². The standard InChI is InChI=1S/C16H23BrO2/c1-5-6-19-11-12-7-13(15(18)10-17)9-14(8-12)16(2,3)4/h7-9H,5-6,10-11H2,1-4H3. The van der Waals surface area contributed by atoms with Crippen LogP contribution in [0.5, 0.6) is 0 Å². The topological polar surface area (TPSA) is 26.3 Å². The van der Waals surface area contributed by atoms with Crippen molar-refractivity contribution >= 4 is 21.7 Å². The molecule has 106 valence electrons. The van der Waals surface area contributed by atoms with Gasteiger partial charge < -0.3 is 4.74 Å². The molecule has 2 nitrogen and oxygen atoms in total. The summed E-state index contributed by atoms with van der Waals surface area (Å²) in [5.41, 5.74) is 3.04. The highest BCUT2D eigenvalue weighted by Gasteiger charge is 2.17. The third-order valence-corrected chi connectivity index (χ3v) is 3.43. The first kappa shape index (κ1) is 16.4. The van der Waals surface area contributed by atoms with Crippen LogP contribution >= 0.6 is 15.9 Å². The number of ketones is 1. The number of hydrogen-bond donors (Lipinski definition) is 0. The number of benzene rings is 1. The van der Waals surface area contributed by atoms with Gasteiger partial charge in [-0.3, -0.25) is 4.79 Å². The van der Waals surface area contributed by atoms with Crippen molar-refractivity contribution in [3.8, 4) is 0 Å². The van der Waals surface area contributed by atoms with Crippen LogP contribution in [-0.2, 0) is 16.8 Å². The van der Waals surface area contributed by atoms with Gasteiger partial charge in [-0.2, -0.15) is 0 Å². The Morgan fingerprint density at radius 3 is 2.47 bits per heavy atom. The summed E-state index contributed by atoms with van der Waals surface area (Å²) in [5.74, 6) is 0.114. The lowest BCUT2D eigenvalue weighted by molar-refractivity contribution is 0.102. The Hall–Kier alpha value is -0.670. The van der Waals surface area contributed by atoms with E-state index in [0.29, 0.717) is 11.9 Å². The summed E-state index contributed by atoms with van der Waals surface area (Å²) in [4.78, 5) is 11.9. The number of rotatable bonds is 6.